The van der Waals surface area contributed by atoms with Crippen molar-refractivity contribution in [3.05, 3.63) is 42.0 Å². The van der Waals surface area contributed by atoms with E-state index in [1.165, 1.54) is 8.61 Å². The van der Waals surface area contributed by atoms with E-state index in [1.807, 2.05) is 57.2 Å². The van der Waals surface area contributed by atoms with Crippen molar-refractivity contribution in [1.82, 2.24) is 13.5 Å². The van der Waals surface area contributed by atoms with E-state index in [9.17, 15) is 13.2 Å². The Bertz CT molecular complexity index is 965. The Morgan fingerprint density at radius 1 is 1.00 bits per heavy atom. The van der Waals surface area contributed by atoms with Gasteiger partial charge in [-0.05, 0) is 29.8 Å². The average molecular weight is 420 g/mol. The first-order chi connectivity index (χ1) is 13.9. The van der Waals surface area contributed by atoms with Crippen LogP contribution in [0.25, 0.3) is 10.8 Å². The lowest BCUT2D eigenvalue weighted by Gasteiger charge is -2.36. The van der Waals surface area contributed by atoms with Gasteiger partial charge in [0.1, 0.15) is 5.75 Å². The highest BCUT2D eigenvalue weighted by Gasteiger charge is 2.33. The Morgan fingerprint density at radius 2 is 1.59 bits per heavy atom. The quantitative estimate of drug-likeness (QED) is 0.692. The molecule has 1 fully saturated rings. The summed E-state index contributed by atoms with van der Waals surface area (Å²) in [5.41, 5.74) is 0.519. The van der Waals surface area contributed by atoms with Crippen molar-refractivity contribution in [3.8, 4) is 5.75 Å². The number of nitrogens with zero attached hydrogens (tertiary/aromatic N) is 3. The fraction of sp³-hybridized carbons (Fsp3) is 0.476. The zero-order chi connectivity index (χ0) is 21.0. The summed E-state index contributed by atoms with van der Waals surface area (Å²) in [6.07, 6.45) is 0. The molecule has 29 heavy (non-hydrogen) atoms. The molecule has 0 atom stereocenters. The second-order valence-corrected chi connectivity index (χ2v) is 8.84. The molecule has 0 bridgehead atoms. The highest BCUT2D eigenvalue weighted by molar-refractivity contribution is 7.86. The van der Waals surface area contributed by atoms with E-state index in [0.29, 0.717) is 57.2 Å². The van der Waals surface area contributed by atoms with Crippen LogP contribution in [0.5, 0.6) is 5.75 Å². The van der Waals surface area contributed by atoms with Gasteiger partial charge in [0.05, 0.1) is 12.2 Å². The van der Waals surface area contributed by atoms with E-state index in [1.54, 1.807) is 4.90 Å². The van der Waals surface area contributed by atoms with Crippen molar-refractivity contribution in [2.24, 2.45) is 0 Å². The molecule has 8 heteroatoms. The molecule has 1 saturated heterocycles. The van der Waals surface area contributed by atoms with E-state index in [4.69, 9.17) is 4.74 Å². The van der Waals surface area contributed by atoms with Gasteiger partial charge in [0.15, 0.2) is 0 Å². The van der Waals surface area contributed by atoms with Gasteiger partial charge < -0.3 is 9.64 Å². The van der Waals surface area contributed by atoms with Crippen molar-refractivity contribution in [1.29, 1.82) is 0 Å². The van der Waals surface area contributed by atoms with Crippen LogP contribution in [0, 0.1) is 0 Å². The van der Waals surface area contributed by atoms with Gasteiger partial charge in [-0.2, -0.15) is 17.0 Å². The van der Waals surface area contributed by atoms with Crippen LogP contribution in [0.1, 0.15) is 31.1 Å². The summed E-state index contributed by atoms with van der Waals surface area (Å²) in [5.74, 6) is 0.438. The lowest BCUT2D eigenvalue weighted by molar-refractivity contribution is 0.0690. The second-order valence-electron chi connectivity index (χ2n) is 6.91. The first-order valence-corrected chi connectivity index (χ1v) is 11.5. The van der Waals surface area contributed by atoms with E-state index < -0.39 is 10.2 Å². The predicted octanol–water partition coefficient (Wildman–Crippen LogP) is 2.58. The lowest BCUT2D eigenvalue weighted by atomic mass is 10.0. The fourth-order valence-corrected chi connectivity index (χ4v) is 5.27. The molecule has 3 rings (SSSR count). The van der Waals surface area contributed by atoms with Gasteiger partial charge in [0.25, 0.3) is 16.1 Å². The van der Waals surface area contributed by atoms with Gasteiger partial charge in [-0.3, -0.25) is 4.79 Å². The average Bonchev–Trinajstić information content (AvgIpc) is 2.74. The maximum atomic E-state index is 13.2. The highest BCUT2D eigenvalue weighted by atomic mass is 32.2. The molecule has 2 aromatic carbocycles. The molecular weight excluding hydrogens is 390 g/mol. The standard InChI is InChI=1S/C21H29N3O4S/c1-4-23(5-2)29(26,27)24-13-11-22(12-14-24)21(25)19-15-17-9-7-8-10-18(17)16-20(19)28-6-3/h7-10,15-16H,4-6,11-14H2,1-3H3. The van der Waals surface area contributed by atoms with Crippen LogP contribution in [-0.2, 0) is 10.2 Å². The molecule has 1 aliphatic heterocycles. The molecule has 0 aliphatic carbocycles. The van der Waals surface area contributed by atoms with Crippen LogP contribution in [0.2, 0.25) is 0 Å². The number of hydrogen-bond donors (Lipinski definition) is 0. The number of amides is 1. The third-order valence-electron chi connectivity index (χ3n) is 5.26. The predicted molar refractivity (Wildman–Crippen MR) is 114 cm³/mol. The zero-order valence-electron chi connectivity index (χ0n) is 17.3. The SMILES string of the molecule is CCOc1cc2ccccc2cc1C(=O)N1CCN(S(=O)(=O)N(CC)CC)CC1. The monoisotopic (exact) mass is 419 g/mol. The molecule has 0 N–H and O–H groups in total. The van der Waals surface area contributed by atoms with Crippen LogP contribution in [-0.4, -0.2) is 73.7 Å². The molecule has 158 valence electrons. The van der Waals surface area contributed by atoms with E-state index in [-0.39, 0.29) is 5.91 Å². The fourth-order valence-electron chi connectivity index (χ4n) is 3.67. The summed E-state index contributed by atoms with van der Waals surface area (Å²) in [4.78, 5) is 14.9. The molecule has 1 amide bonds. The molecule has 0 saturated carbocycles. The van der Waals surface area contributed by atoms with E-state index in [0.717, 1.165) is 10.8 Å². The van der Waals surface area contributed by atoms with E-state index in [2.05, 4.69) is 0 Å². The zero-order valence-corrected chi connectivity index (χ0v) is 18.1. The number of rotatable bonds is 7. The Morgan fingerprint density at radius 3 is 2.14 bits per heavy atom. The number of hydrogen-bond acceptors (Lipinski definition) is 4. The normalized spacial score (nSPS) is 15.8. The molecule has 0 radical (unpaired) electrons. The van der Waals surface area contributed by atoms with Crippen LogP contribution >= 0.6 is 0 Å². The lowest BCUT2D eigenvalue weighted by Crippen LogP contribution is -2.54. The largest absolute Gasteiger partial charge is 0.493 e. The molecule has 0 unspecified atom stereocenters. The Hall–Kier alpha value is -2.16. The van der Waals surface area contributed by atoms with Crippen LogP contribution in [0.15, 0.2) is 36.4 Å². The minimum absolute atomic E-state index is 0.126. The minimum Gasteiger partial charge on any atom is -0.493 e. The Kier molecular flexibility index (Phi) is 6.77. The summed E-state index contributed by atoms with van der Waals surface area (Å²) in [5, 5.41) is 1.99. The molecule has 0 spiro atoms. The summed E-state index contributed by atoms with van der Waals surface area (Å²) in [7, 11) is -3.48. The van der Waals surface area contributed by atoms with Gasteiger partial charge in [0, 0.05) is 39.3 Å². The molecular formula is C21H29N3O4S. The summed E-state index contributed by atoms with van der Waals surface area (Å²) in [6, 6.07) is 11.6. The summed E-state index contributed by atoms with van der Waals surface area (Å²) < 4.78 is 34.1. The first-order valence-electron chi connectivity index (χ1n) is 10.1. The Labute approximate surface area is 173 Å². The van der Waals surface area contributed by atoms with Crippen molar-refractivity contribution in [3.63, 3.8) is 0 Å². The topological polar surface area (TPSA) is 70.2 Å². The molecule has 1 heterocycles. The third-order valence-corrected chi connectivity index (χ3v) is 7.45. The molecule has 7 nitrogen and oxygen atoms in total. The molecule has 1 aliphatic rings. The van der Waals surface area contributed by atoms with Gasteiger partial charge in [0.2, 0.25) is 0 Å². The Balaban J connectivity index is 1.79. The van der Waals surface area contributed by atoms with Gasteiger partial charge in [-0.25, -0.2) is 0 Å². The second kappa shape index (κ2) is 9.11. The summed E-state index contributed by atoms with van der Waals surface area (Å²) >= 11 is 0. The number of piperazine rings is 1. The van der Waals surface area contributed by atoms with Crippen LogP contribution < -0.4 is 4.74 Å². The van der Waals surface area contributed by atoms with Crippen molar-refractivity contribution in [2.45, 2.75) is 20.8 Å². The van der Waals surface area contributed by atoms with Crippen molar-refractivity contribution < 1.29 is 17.9 Å². The van der Waals surface area contributed by atoms with E-state index >= 15 is 0 Å². The van der Waals surface area contributed by atoms with Gasteiger partial charge >= 0.3 is 0 Å². The third kappa shape index (κ3) is 4.39. The van der Waals surface area contributed by atoms with Crippen molar-refractivity contribution >= 4 is 26.9 Å². The summed E-state index contributed by atoms with van der Waals surface area (Å²) in [6.45, 7) is 8.19. The van der Waals surface area contributed by atoms with Crippen LogP contribution in [0.4, 0.5) is 0 Å². The van der Waals surface area contributed by atoms with Gasteiger partial charge in [-0.15, -0.1) is 0 Å². The number of carbonyl (C=O) groups excluding carboxylic acids is 1. The number of carbonyl (C=O) groups is 1. The maximum absolute atomic E-state index is 13.2. The number of ether oxygens (including phenoxy) is 1. The molecule has 0 aromatic heterocycles. The minimum atomic E-state index is -3.48. The molecule has 2 aromatic rings. The van der Waals surface area contributed by atoms with Crippen LogP contribution in [0.3, 0.4) is 0 Å². The first kappa shape index (κ1) is 21.5. The smallest absolute Gasteiger partial charge is 0.282 e. The van der Waals surface area contributed by atoms with Gasteiger partial charge in [-0.1, -0.05) is 38.1 Å². The maximum Gasteiger partial charge on any atom is 0.282 e. The van der Waals surface area contributed by atoms with Crippen molar-refractivity contribution in [2.75, 3.05) is 45.9 Å². The highest BCUT2D eigenvalue weighted by Crippen LogP contribution is 2.28. The number of benzene rings is 2. The number of fused-ring (bicyclic) bond motifs is 1.